The first-order valence-corrected chi connectivity index (χ1v) is 7.07. The average Bonchev–Trinajstić information content (AvgIpc) is 2.46. The zero-order valence-corrected chi connectivity index (χ0v) is 12.8. The van der Waals surface area contributed by atoms with Gasteiger partial charge >= 0.3 is 0 Å². The number of nitrogens with one attached hydrogen (secondary N) is 2. The molecule has 5 nitrogen and oxygen atoms in total. The number of amides is 2. The quantitative estimate of drug-likeness (QED) is 0.823. The van der Waals surface area contributed by atoms with Crippen molar-refractivity contribution in [1.29, 1.82) is 0 Å². The summed E-state index contributed by atoms with van der Waals surface area (Å²) in [7, 11) is 0. The van der Waals surface area contributed by atoms with Crippen LogP contribution >= 0.6 is 12.4 Å². The second-order valence-corrected chi connectivity index (χ2v) is 5.48. The zero-order chi connectivity index (χ0) is 14.1. The molecular weight excluding hydrogens is 290 g/mol. The van der Waals surface area contributed by atoms with Crippen LogP contribution in [0.2, 0.25) is 0 Å². The first-order chi connectivity index (χ1) is 9.66. The molecule has 2 aliphatic heterocycles. The molecule has 3 rings (SSSR count). The van der Waals surface area contributed by atoms with Crippen molar-refractivity contribution in [2.75, 3.05) is 25.0 Å². The molecule has 0 spiro atoms. The summed E-state index contributed by atoms with van der Waals surface area (Å²) in [6, 6.07) is 7.75. The summed E-state index contributed by atoms with van der Waals surface area (Å²) >= 11 is 0. The Kier molecular flexibility index (Phi) is 4.85. The van der Waals surface area contributed by atoms with Gasteiger partial charge in [-0.25, -0.2) is 0 Å². The molecule has 2 aliphatic rings. The minimum atomic E-state index is -0.347. The molecule has 0 aliphatic carbocycles. The minimum Gasteiger partial charge on any atom is -0.337 e. The molecule has 2 amide bonds. The Hall–Kier alpha value is -1.59. The maximum atomic E-state index is 12.8. The molecule has 2 N–H and O–H groups in total. The third-order valence-electron chi connectivity index (χ3n) is 4.08. The van der Waals surface area contributed by atoms with Crippen molar-refractivity contribution < 1.29 is 9.59 Å². The van der Waals surface area contributed by atoms with E-state index in [2.05, 4.69) is 10.6 Å². The van der Waals surface area contributed by atoms with Crippen LogP contribution in [-0.2, 0) is 9.59 Å². The normalized spacial score (nSPS) is 24.6. The van der Waals surface area contributed by atoms with Crippen molar-refractivity contribution in [3.05, 3.63) is 29.8 Å². The second kappa shape index (κ2) is 6.45. The molecule has 2 atom stereocenters. The number of rotatable bonds is 1. The number of hydrogen-bond acceptors (Lipinski definition) is 3. The summed E-state index contributed by atoms with van der Waals surface area (Å²) in [6.45, 7) is 4.38. The van der Waals surface area contributed by atoms with E-state index >= 15 is 0 Å². The van der Waals surface area contributed by atoms with Gasteiger partial charge in [0.05, 0.1) is 5.92 Å². The van der Waals surface area contributed by atoms with Gasteiger partial charge in [-0.15, -0.1) is 12.4 Å². The molecule has 1 unspecified atom stereocenters. The molecule has 0 saturated carbocycles. The topological polar surface area (TPSA) is 61.4 Å². The number of piperazine rings is 1. The fraction of sp³-hybridized carbons (Fsp3) is 0.467. The minimum absolute atomic E-state index is 0. The summed E-state index contributed by atoms with van der Waals surface area (Å²) in [5.41, 5.74) is 1.70. The predicted octanol–water partition coefficient (Wildman–Crippen LogP) is 1.35. The van der Waals surface area contributed by atoms with Crippen LogP contribution in [0, 0.1) is 0 Å². The first kappa shape index (κ1) is 15.8. The SMILES string of the molecule is C[C@H]1CNCCN1C(=O)C1CC(=O)Nc2ccccc21.Cl. The first-order valence-electron chi connectivity index (χ1n) is 7.07. The van der Waals surface area contributed by atoms with Crippen LogP contribution in [0.25, 0.3) is 0 Å². The lowest BCUT2D eigenvalue weighted by Crippen LogP contribution is -2.54. The standard InChI is InChI=1S/C15H19N3O2.ClH/c1-10-9-16-6-7-18(10)15(20)12-8-14(19)17-13-5-3-2-4-11(12)13;/h2-5,10,12,16H,6-9H2,1H3,(H,17,19);1H/t10-,12?;/m0./s1. The molecule has 1 aromatic rings. The maximum absolute atomic E-state index is 12.8. The van der Waals surface area contributed by atoms with E-state index < -0.39 is 0 Å². The van der Waals surface area contributed by atoms with Crippen LogP contribution in [0.15, 0.2) is 24.3 Å². The Morgan fingerprint density at radius 3 is 2.86 bits per heavy atom. The molecule has 0 radical (unpaired) electrons. The van der Waals surface area contributed by atoms with Gasteiger partial charge in [0.2, 0.25) is 11.8 Å². The highest BCUT2D eigenvalue weighted by atomic mass is 35.5. The van der Waals surface area contributed by atoms with Gasteiger partial charge in [0.1, 0.15) is 0 Å². The van der Waals surface area contributed by atoms with Gasteiger partial charge < -0.3 is 15.5 Å². The number of nitrogens with zero attached hydrogens (tertiary/aromatic N) is 1. The average molecular weight is 310 g/mol. The van der Waals surface area contributed by atoms with E-state index in [-0.39, 0.29) is 42.6 Å². The third-order valence-corrected chi connectivity index (χ3v) is 4.08. The molecule has 1 fully saturated rings. The van der Waals surface area contributed by atoms with Gasteiger partial charge in [0.15, 0.2) is 0 Å². The highest BCUT2D eigenvalue weighted by molar-refractivity contribution is 6.01. The molecule has 0 aromatic heterocycles. The molecule has 0 bridgehead atoms. The number of fused-ring (bicyclic) bond motifs is 1. The van der Waals surface area contributed by atoms with Crippen molar-refractivity contribution in [2.24, 2.45) is 0 Å². The smallest absolute Gasteiger partial charge is 0.231 e. The van der Waals surface area contributed by atoms with Crippen molar-refractivity contribution in [3.63, 3.8) is 0 Å². The molecular formula is C15H20ClN3O2. The van der Waals surface area contributed by atoms with E-state index in [0.29, 0.717) is 6.54 Å². The Bertz CT molecular complexity index is 549. The maximum Gasteiger partial charge on any atom is 0.231 e. The number of hydrogen-bond donors (Lipinski definition) is 2. The van der Waals surface area contributed by atoms with E-state index in [9.17, 15) is 9.59 Å². The highest BCUT2D eigenvalue weighted by Gasteiger charge is 2.35. The van der Waals surface area contributed by atoms with Crippen LogP contribution < -0.4 is 10.6 Å². The van der Waals surface area contributed by atoms with E-state index in [4.69, 9.17) is 0 Å². The van der Waals surface area contributed by atoms with Crippen LogP contribution in [0.3, 0.4) is 0 Å². The van der Waals surface area contributed by atoms with Crippen molar-refractivity contribution in [1.82, 2.24) is 10.2 Å². The fourth-order valence-electron chi connectivity index (χ4n) is 3.00. The van der Waals surface area contributed by atoms with Gasteiger partial charge in [-0.2, -0.15) is 0 Å². The lowest BCUT2D eigenvalue weighted by Gasteiger charge is -2.37. The predicted molar refractivity (Wildman–Crippen MR) is 83.7 cm³/mol. The molecule has 1 aromatic carbocycles. The van der Waals surface area contributed by atoms with E-state index in [1.54, 1.807) is 0 Å². The van der Waals surface area contributed by atoms with Gasteiger partial charge in [0.25, 0.3) is 0 Å². The lowest BCUT2D eigenvalue weighted by molar-refractivity contribution is -0.137. The van der Waals surface area contributed by atoms with Crippen molar-refractivity contribution >= 4 is 29.9 Å². The van der Waals surface area contributed by atoms with Gasteiger partial charge in [0, 0.05) is 37.8 Å². The zero-order valence-electron chi connectivity index (χ0n) is 12.0. The summed E-state index contributed by atoms with van der Waals surface area (Å²) in [5.74, 6) is -0.355. The highest BCUT2D eigenvalue weighted by Crippen LogP contribution is 2.33. The van der Waals surface area contributed by atoms with Gasteiger partial charge in [-0.1, -0.05) is 18.2 Å². The monoisotopic (exact) mass is 309 g/mol. The summed E-state index contributed by atoms with van der Waals surface area (Å²) in [4.78, 5) is 26.5. The van der Waals surface area contributed by atoms with Crippen molar-refractivity contribution in [2.45, 2.75) is 25.3 Å². The molecule has 6 heteroatoms. The fourth-order valence-corrected chi connectivity index (χ4v) is 3.00. The summed E-state index contributed by atoms with van der Waals surface area (Å²) in [6.07, 6.45) is 0.243. The largest absolute Gasteiger partial charge is 0.337 e. The second-order valence-electron chi connectivity index (χ2n) is 5.48. The Morgan fingerprint density at radius 1 is 1.33 bits per heavy atom. The van der Waals surface area contributed by atoms with E-state index in [0.717, 1.165) is 24.3 Å². The summed E-state index contributed by atoms with van der Waals surface area (Å²) in [5, 5.41) is 6.11. The Labute approximate surface area is 130 Å². The van der Waals surface area contributed by atoms with Crippen LogP contribution in [0.5, 0.6) is 0 Å². The molecule has 1 saturated heterocycles. The number of carbonyl (C=O) groups is 2. The van der Waals surface area contributed by atoms with Crippen LogP contribution in [0.1, 0.15) is 24.8 Å². The van der Waals surface area contributed by atoms with E-state index in [1.807, 2.05) is 36.1 Å². The molecule has 114 valence electrons. The Balaban J connectivity index is 0.00000161. The summed E-state index contributed by atoms with van der Waals surface area (Å²) < 4.78 is 0. The third kappa shape index (κ3) is 3.04. The Morgan fingerprint density at radius 2 is 2.10 bits per heavy atom. The number of carbonyl (C=O) groups excluding carboxylic acids is 2. The van der Waals surface area contributed by atoms with E-state index in [1.165, 1.54) is 0 Å². The number of anilines is 1. The number of halogens is 1. The number of para-hydroxylation sites is 1. The van der Waals surface area contributed by atoms with Gasteiger partial charge in [-0.3, -0.25) is 9.59 Å². The molecule has 21 heavy (non-hydrogen) atoms. The van der Waals surface area contributed by atoms with Crippen LogP contribution in [-0.4, -0.2) is 42.4 Å². The van der Waals surface area contributed by atoms with Crippen molar-refractivity contribution in [3.8, 4) is 0 Å². The van der Waals surface area contributed by atoms with Gasteiger partial charge in [-0.05, 0) is 18.6 Å². The number of benzene rings is 1. The molecule has 2 heterocycles. The lowest BCUT2D eigenvalue weighted by atomic mass is 9.89. The van der Waals surface area contributed by atoms with Crippen LogP contribution in [0.4, 0.5) is 5.69 Å².